The smallest absolute Gasteiger partial charge is 0.0807 e. The summed E-state index contributed by atoms with van der Waals surface area (Å²) in [6, 6.07) is 5.39. The van der Waals surface area contributed by atoms with Crippen LogP contribution in [0.3, 0.4) is 0 Å². The molecule has 4 nitrogen and oxygen atoms in total. The SMILES string of the molecule is CC(CO)(CO)Nc1cc(Br)ccc1N. The zero-order chi connectivity index (χ0) is 11.5. The largest absolute Gasteiger partial charge is 0.397 e. The van der Waals surface area contributed by atoms with Gasteiger partial charge in [-0.1, -0.05) is 15.9 Å². The minimum Gasteiger partial charge on any atom is -0.397 e. The number of rotatable bonds is 4. The van der Waals surface area contributed by atoms with Crippen molar-refractivity contribution in [3.8, 4) is 0 Å². The molecule has 0 radical (unpaired) electrons. The molecule has 0 saturated heterocycles. The Hall–Kier alpha value is -0.780. The summed E-state index contributed by atoms with van der Waals surface area (Å²) >= 11 is 3.33. The van der Waals surface area contributed by atoms with E-state index in [1.54, 1.807) is 19.1 Å². The van der Waals surface area contributed by atoms with E-state index in [0.717, 1.165) is 4.47 Å². The van der Waals surface area contributed by atoms with E-state index >= 15 is 0 Å². The number of aliphatic hydroxyl groups excluding tert-OH is 2. The zero-order valence-corrected chi connectivity index (χ0v) is 10.1. The Bertz CT molecular complexity index is 340. The fourth-order valence-electron chi connectivity index (χ4n) is 1.09. The molecule has 5 heteroatoms. The van der Waals surface area contributed by atoms with Gasteiger partial charge >= 0.3 is 0 Å². The van der Waals surface area contributed by atoms with Crippen molar-refractivity contribution in [3.05, 3.63) is 22.7 Å². The van der Waals surface area contributed by atoms with E-state index in [4.69, 9.17) is 15.9 Å². The van der Waals surface area contributed by atoms with Crippen molar-refractivity contribution in [2.24, 2.45) is 0 Å². The van der Waals surface area contributed by atoms with E-state index in [9.17, 15) is 0 Å². The lowest BCUT2D eigenvalue weighted by Crippen LogP contribution is -2.42. The first kappa shape index (κ1) is 12.3. The van der Waals surface area contributed by atoms with Gasteiger partial charge < -0.3 is 21.3 Å². The maximum Gasteiger partial charge on any atom is 0.0807 e. The first-order valence-electron chi connectivity index (χ1n) is 4.56. The first-order chi connectivity index (χ1) is 7.00. The maximum atomic E-state index is 9.13. The van der Waals surface area contributed by atoms with Crippen LogP contribution < -0.4 is 11.1 Å². The Morgan fingerprint density at radius 2 is 2.00 bits per heavy atom. The highest BCUT2D eigenvalue weighted by atomic mass is 79.9. The predicted molar refractivity (Wildman–Crippen MR) is 64.8 cm³/mol. The predicted octanol–water partition coefficient (Wildman–Crippen LogP) is 1.19. The molecule has 0 atom stereocenters. The van der Waals surface area contributed by atoms with Crippen LogP contribution in [0, 0.1) is 0 Å². The minimum absolute atomic E-state index is 0.171. The van der Waals surface area contributed by atoms with E-state index in [-0.39, 0.29) is 13.2 Å². The van der Waals surface area contributed by atoms with E-state index in [0.29, 0.717) is 11.4 Å². The maximum absolute atomic E-state index is 9.13. The van der Waals surface area contributed by atoms with Crippen LogP contribution in [0.15, 0.2) is 22.7 Å². The molecule has 0 aliphatic carbocycles. The zero-order valence-electron chi connectivity index (χ0n) is 8.50. The van der Waals surface area contributed by atoms with Gasteiger partial charge in [-0.3, -0.25) is 0 Å². The number of nitrogens with two attached hydrogens (primary N) is 1. The average molecular weight is 275 g/mol. The lowest BCUT2D eigenvalue weighted by molar-refractivity contribution is 0.147. The number of nitrogen functional groups attached to an aromatic ring is 1. The second kappa shape index (κ2) is 4.83. The molecule has 0 amide bonds. The van der Waals surface area contributed by atoms with E-state index in [2.05, 4.69) is 21.2 Å². The van der Waals surface area contributed by atoms with Crippen molar-refractivity contribution in [1.29, 1.82) is 0 Å². The van der Waals surface area contributed by atoms with Gasteiger partial charge in [0.15, 0.2) is 0 Å². The number of anilines is 2. The molecule has 84 valence electrons. The van der Waals surface area contributed by atoms with Crippen LogP contribution in [0.1, 0.15) is 6.92 Å². The standard InChI is InChI=1S/C10H15BrN2O2/c1-10(5-14,6-15)13-9-4-7(11)2-3-8(9)12/h2-4,13-15H,5-6,12H2,1H3. The molecule has 0 bridgehead atoms. The molecule has 0 spiro atoms. The Morgan fingerprint density at radius 3 is 2.53 bits per heavy atom. The topological polar surface area (TPSA) is 78.5 Å². The highest BCUT2D eigenvalue weighted by Crippen LogP contribution is 2.26. The van der Waals surface area contributed by atoms with Crippen molar-refractivity contribution >= 4 is 27.3 Å². The molecule has 0 aromatic heterocycles. The summed E-state index contributed by atoms with van der Waals surface area (Å²) in [5.74, 6) is 0. The number of benzene rings is 1. The third kappa shape index (κ3) is 3.09. The third-order valence-corrected chi connectivity index (χ3v) is 2.64. The molecule has 0 fully saturated rings. The quantitative estimate of drug-likeness (QED) is 0.622. The third-order valence-electron chi connectivity index (χ3n) is 2.15. The monoisotopic (exact) mass is 274 g/mol. The van der Waals surface area contributed by atoms with Crippen LogP contribution in [-0.2, 0) is 0 Å². The van der Waals surface area contributed by atoms with Gasteiger partial charge in [0, 0.05) is 4.47 Å². The molecule has 15 heavy (non-hydrogen) atoms. The molecule has 1 aromatic rings. The number of halogens is 1. The molecule has 0 aliphatic rings. The summed E-state index contributed by atoms with van der Waals surface area (Å²) in [6.45, 7) is 1.37. The molecule has 0 heterocycles. The highest BCUT2D eigenvalue weighted by molar-refractivity contribution is 9.10. The summed E-state index contributed by atoms with van der Waals surface area (Å²) in [6.07, 6.45) is 0. The molecular formula is C10H15BrN2O2. The van der Waals surface area contributed by atoms with Crippen LogP contribution in [0.5, 0.6) is 0 Å². The number of hydrogen-bond acceptors (Lipinski definition) is 4. The summed E-state index contributed by atoms with van der Waals surface area (Å²) in [4.78, 5) is 0. The van der Waals surface area contributed by atoms with Crippen LogP contribution in [0.25, 0.3) is 0 Å². The second-order valence-electron chi connectivity index (χ2n) is 3.73. The number of aliphatic hydroxyl groups is 2. The Kier molecular flexibility index (Phi) is 3.96. The minimum atomic E-state index is -0.769. The van der Waals surface area contributed by atoms with Gasteiger partial charge in [0.05, 0.1) is 30.1 Å². The fourth-order valence-corrected chi connectivity index (χ4v) is 1.45. The molecule has 0 saturated carbocycles. The number of hydrogen-bond donors (Lipinski definition) is 4. The van der Waals surface area contributed by atoms with Crippen molar-refractivity contribution in [2.45, 2.75) is 12.5 Å². The van der Waals surface area contributed by atoms with Crippen molar-refractivity contribution in [2.75, 3.05) is 24.3 Å². The summed E-state index contributed by atoms with van der Waals surface area (Å²) in [5, 5.41) is 21.3. The summed E-state index contributed by atoms with van der Waals surface area (Å²) in [5.41, 5.74) is 6.26. The lowest BCUT2D eigenvalue weighted by Gasteiger charge is -2.28. The van der Waals surface area contributed by atoms with Gasteiger partial charge in [0.2, 0.25) is 0 Å². The van der Waals surface area contributed by atoms with Gasteiger partial charge in [-0.05, 0) is 25.1 Å². The fraction of sp³-hybridized carbons (Fsp3) is 0.400. The molecule has 1 aromatic carbocycles. The van der Waals surface area contributed by atoms with E-state index in [1.165, 1.54) is 0 Å². The average Bonchev–Trinajstić information content (AvgIpc) is 2.23. The molecule has 0 aliphatic heterocycles. The summed E-state index contributed by atoms with van der Waals surface area (Å²) in [7, 11) is 0. The highest BCUT2D eigenvalue weighted by Gasteiger charge is 2.22. The Balaban J connectivity index is 2.92. The molecule has 1 rings (SSSR count). The Morgan fingerprint density at radius 1 is 1.40 bits per heavy atom. The van der Waals surface area contributed by atoms with Crippen LogP contribution in [0.2, 0.25) is 0 Å². The summed E-state index contributed by atoms with van der Waals surface area (Å²) < 4.78 is 0.887. The van der Waals surface area contributed by atoms with Gasteiger partial charge in [-0.15, -0.1) is 0 Å². The second-order valence-corrected chi connectivity index (χ2v) is 4.65. The van der Waals surface area contributed by atoms with Crippen LogP contribution in [-0.4, -0.2) is 29.0 Å². The van der Waals surface area contributed by atoms with E-state index < -0.39 is 5.54 Å². The van der Waals surface area contributed by atoms with Crippen molar-refractivity contribution < 1.29 is 10.2 Å². The molecular weight excluding hydrogens is 260 g/mol. The first-order valence-corrected chi connectivity index (χ1v) is 5.35. The van der Waals surface area contributed by atoms with Crippen LogP contribution >= 0.6 is 15.9 Å². The van der Waals surface area contributed by atoms with Gasteiger partial charge in [-0.2, -0.15) is 0 Å². The lowest BCUT2D eigenvalue weighted by atomic mass is 10.0. The normalized spacial score (nSPS) is 11.5. The van der Waals surface area contributed by atoms with Crippen molar-refractivity contribution in [1.82, 2.24) is 0 Å². The van der Waals surface area contributed by atoms with Gasteiger partial charge in [0.1, 0.15) is 0 Å². The molecule has 0 unspecified atom stereocenters. The van der Waals surface area contributed by atoms with Gasteiger partial charge in [0.25, 0.3) is 0 Å². The van der Waals surface area contributed by atoms with Crippen molar-refractivity contribution in [3.63, 3.8) is 0 Å². The van der Waals surface area contributed by atoms with Gasteiger partial charge in [-0.25, -0.2) is 0 Å². The number of nitrogens with one attached hydrogen (secondary N) is 1. The Labute approximate surface area is 97.2 Å². The molecule has 5 N–H and O–H groups in total. The van der Waals surface area contributed by atoms with Crippen LogP contribution in [0.4, 0.5) is 11.4 Å². The van der Waals surface area contributed by atoms with E-state index in [1.807, 2.05) is 6.07 Å².